The highest BCUT2D eigenvalue weighted by Crippen LogP contribution is 2.50. The SMILES string of the molecule is CCOP(=O)(C=C(O)OC)OCC. The lowest BCUT2D eigenvalue weighted by atomic mass is 10.9. The first-order valence-electron chi connectivity index (χ1n) is 3.92. The molecule has 1 N–H and O–H groups in total. The Morgan fingerprint density at radius 2 is 1.85 bits per heavy atom. The molecule has 0 fully saturated rings. The molecule has 0 aromatic heterocycles. The number of methoxy groups -OCH3 is 1. The number of hydrogen-bond acceptors (Lipinski definition) is 5. The van der Waals surface area contributed by atoms with Crippen LogP contribution in [0.4, 0.5) is 0 Å². The summed E-state index contributed by atoms with van der Waals surface area (Å²) < 4.78 is 25.8. The van der Waals surface area contributed by atoms with Crippen LogP contribution in [-0.4, -0.2) is 25.4 Å². The molecule has 6 heteroatoms. The highest BCUT2D eigenvalue weighted by Gasteiger charge is 2.21. The summed E-state index contributed by atoms with van der Waals surface area (Å²) in [4.78, 5) is 0. The monoisotopic (exact) mass is 210 g/mol. The molecule has 0 aliphatic rings. The van der Waals surface area contributed by atoms with Gasteiger partial charge in [0.05, 0.1) is 20.3 Å². The Hall–Kier alpha value is -0.510. The minimum Gasteiger partial charge on any atom is -0.481 e. The minimum absolute atomic E-state index is 0.241. The molecule has 0 spiro atoms. The molecule has 0 bridgehead atoms. The van der Waals surface area contributed by atoms with E-state index in [1.165, 1.54) is 7.11 Å². The van der Waals surface area contributed by atoms with E-state index in [2.05, 4.69) is 4.74 Å². The van der Waals surface area contributed by atoms with Gasteiger partial charge in [0.25, 0.3) is 5.95 Å². The topological polar surface area (TPSA) is 65.0 Å². The predicted octanol–water partition coefficient (Wildman–Crippen LogP) is 2.26. The maximum absolute atomic E-state index is 11.6. The normalized spacial score (nSPS) is 13.0. The molecule has 0 saturated carbocycles. The van der Waals surface area contributed by atoms with Crippen molar-refractivity contribution < 1.29 is 23.5 Å². The van der Waals surface area contributed by atoms with Crippen molar-refractivity contribution in [2.24, 2.45) is 0 Å². The summed E-state index contributed by atoms with van der Waals surface area (Å²) in [6.07, 6.45) is 0. The third-order valence-corrected chi connectivity index (χ3v) is 2.87. The number of ether oxygens (including phenoxy) is 1. The molecule has 0 aromatic carbocycles. The summed E-state index contributed by atoms with van der Waals surface area (Å²) in [7, 11) is -2.07. The van der Waals surface area contributed by atoms with Gasteiger partial charge in [-0.15, -0.1) is 0 Å². The molecule has 0 rings (SSSR count). The van der Waals surface area contributed by atoms with Crippen LogP contribution in [0.3, 0.4) is 0 Å². The van der Waals surface area contributed by atoms with Crippen LogP contribution in [0, 0.1) is 0 Å². The van der Waals surface area contributed by atoms with E-state index in [4.69, 9.17) is 14.2 Å². The van der Waals surface area contributed by atoms with Crippen LogP contribution in [0.1, 0.15) is 13.8 Å². The van der Waals surface area contributed by atoms with Crippen molar-refractivity contribution in [2.45, 2.75) is 13.8 Å². The molecule has 0 aromatic rings. The molecule has 13 heavy (non-hydrogen) atoms. The van der Waals surface area contributed by atoms with E-state index < -0.39 is 13.5 Å². The van der Waals surface area contributed by atoms with E-state index in [1.807, 2.05) is 0 Å². The van der Waals surface area contributed by atoms with Crippen molar-refractivity contribution >= 4 is 7.60 Å². The van der Waals surface area contributed by atoms with E-state index in [1.54, 1.807) is 13.8 Å². The van der Waals surface area contributed by atoms with Crippen LogP contribution in [-0.2, 0) is 18.3 Å². The Morgan fingerprint density at radius 1 is 1.38 bits per heavy atom. The molecule has 0 aliphatic heterocycles. The fraction of sp³-hybridized carbons (Fsp3) is 0.714. The summed E-state index contributed by atoms with van der Waals surface area (Å²) in [5.41, 5.74) is 0. The van der Waals surface area contributed by atoms with Gasteiger partial charge in [-0.2, -0.15) is 0 Å². The molecular formula is C7H15O5P. The molecule has 5 nitrogen and oxygen atoms in total. The second-order valence-corrected chi connectivity index (χ2v) is 3.90. The van der Waals surface area contributed by atoms with Crippen LogP contribution < -0.4 is 0 Å². The highest BCUT2D eigenvalue weighted by molar-refractivity contribution is 7.57. The van der Waals surface area contributed by atoms with Crippen molar-refractivity contribution in [3.05, 3.63) is 11.8 Å². The van der Waals surface area contributed by atoms with Crippen LogP contribution >= 0.6 is 7.60 Å². The summed E-state index contributed by atoms with van der Waals surface area (Å²) >= 11 is 0. The Morgan fingerprint density at radius 3 is 2.15 bits per heavy atom. The van der Waals surface area contributed by atoms with Crippen molar-refractivity contribution in [2.75, 3.05) is 20.3 Å². The highest BCUT2D eigenvalue weighted by atomic mass is 31.2. The van der Waals surface area contributed by atoms with E-state index in [-0.39, 0.29) is 13.2 Å². The average molecular weight is 210 g/mol. The largest absolute Gasteiger partial charge is 0.481 e. The third-order valence-electron chi connectivity index (χ3n) is 1.10. The predicted molar refractivity (Wildman–Crippen MR) is 48.6 cm³/mol. The molecule has 0 saturated heterocycles. The second-order valence-electron chi connectivity index (χ2n) is 2.05. The maximum atomic E-state index is 11.6. The van der Waals surface area contributed by atoms with Gasteiger partial charge in [0.15, 0.2) is 0 Å². The number of aliphatic hydroxyl groups is 1. The van der Waals surface area contributed by atoms with Gasteiger partial charge >= 0.3 is 7.60 Å². The van der Waals surface area contributed by atoms with Crippen molar-refractivity contribution in [1.29, 1.82) is 0 Å². The average Bonchev–Trinajstić information content (AvgIpc) is 2.04. The lowest BCUT2D eigenvalue weighted by Crippen LogP contribution is -1.95. The van der Waals surface area contributed by atoms with Crippen molar-refractivity contribution in [3.63, 3.8) is 0 Å². The summed E-state index contributed by atoms with van der Waals surface area (Å²) in [5, 5.41) is 8.95. The number of hydrogen-bond donors (Lipinski definition) is 1. The second kappa shape index (κ2) is 6.02. The van der Waals surface area contributed by atoms with Crippen molar-refractivity contribution in [1.82, 2.24) is 0 Å². The fourth-order valence-corrected chi connectivity index (χ4v) is 1.98. The van der Waals surface area contributed by atoms with E-state index in [0.717, 1.165) is 5.82 Å². The standard InChI is InChI=1S/C7H15O5P/c1-4-11-13(9,12-5-2)6-7(8)10-3/h6,8H,4-5H2,1-3H3. The zero-order valence-electron chi connectivity index (χ0n) is 8.02. The van der Waals surface area contributed by atoms with Crippen molar-refractivity contribution in [3.8, 4) is 0 Å². The molecule has 78 valence electrons. The lowest BCUT2D eigenvalue weighted by molar-refractivity contribution is 0.135. The van der Waals surface area contributed by atoms with Crippen LogP contribution in [0.25, 0.3) is 0 Å². The lowest BCUT2D eigenvalue weighted by Gasteiger charge is -2.12. The molecule has 0 radical (unpaired) electrons. The van der Waals surface area contributed by atoms with E-state index >= 15 is 0 Å². The van der Waals surface area contributed by atoms with Crippen LogP contribution in [0.2, 0.25) is 0 Å². The van der Waals surface area contributed by atoms with Gasteiger partial charge in [-0.25, -0.2) is 0 Å². The Bertz CT molecular complexity index is 203. The summed E-state index contributed by atoms with van der Waals surface area (Å²) in [6, 6.07) is 0. The zero-order valence-corrected chi connectivity index (χ0v) is 8.91. The Kier molecular flexibility index (Phi) is 5.79. The first kappa shape index (κ1) is 12.5. The van der Waals surface area contributed by atoms with E-state index in [9.17, 15) is 4.57 Å². The quantitative estimate of drug-likeness (QED) is 0.538. The molecule has 0 amide bonds. The van der Waals surface area contributed by atoms with E-state index in [0.29, 0.717) is 0 Å². The molecular weight excluding hydrogens is 195 g/mol. The van der Waals surface area contributed by atoms with Crippen LogP contribution in [0.15, 0.2) is 11.8 Å². The smallest absolute Gasteiger partial charge is 0.361 e. The fourth-order valence-electron chi connectivity index (χ4n) is 0.660. The maximum Gasteiger partial charge on any atom is 0.361 e. The van der Waals surface area contributed by atoms with Gasteiger partial charge in [0.1, 0.15) is 5.82 Å². The Balaban J connectivity index is 4.49. The zero-order chi connectivity index (χ0) is 10.3. The van der Waals surface area contributed by atoms with Gasteiger partial charge in [-0.1, -0.05) is 0 Å². The number of aliphatic hydroxyl groups excluding tert-OH is 1. The Labute approximate surface area is 77.8 Å². The van der Waals surface area contributed by atoms with Gasteiger partial charge in [-0.05, 0) is 13.8 Å². The molecule has 0 aliphatic carbocycles. The van der Waals surface area contributed by atoms with Gasteiger partial charge < -0.3 is 18.9 Å². The summed E-state index contributed by atoms with van der Waals surface area (Å²) in [6.45, 7) is 3.85. The van der Waals surface area contributed by atoms with Gasteiger partial charge in [0.2, 0.25) is 0 Å². The molecule has 0 atom stereocenters. The van der Waals surface area contributed by atoms with Gasteiger partial charge in [-0.3, -0.25) is 4.57 Å². The number of rotatable bonds is 6. The minimum atomic E-state index is -3.33. The third kappa shape index (κ3) is 4.93. The van der Waals surface area contributed by atoms with Gasteiger partial charge in [0, 0.05) is 0 Å². The first-order valence-corrected chi connectivity index (χ1v) is 5.53. The molecule has 0 unspecified atom stereocenters. The summed E-state index contributed by atoms with van der Waals surface area (Å²) in [5.74, 6) is 0.477. The first-order chi connectivity index (χ1) is 6.08. The van der Waals surface area contributed by atoms with Crippen LogP contribution in [0.5, 0.6) is 0 Å². The molecule has 0 heterocycles.